The average molecular weight is 603 g/mol. The Kier molecular flexibility index (Phi) is 8.81. The molecule has 0 aliphatic heterocycles. The second-order valence-corrected chi connectivity index (χ2v) is 14.0. The smallest absolute Gasteiger partial charge is 0.148 e. The lowest BCUT2D eigenvalue weighted by molar-refractivity contribution is 0.479. The lowest BCUT2D eigenvalue weighted by Gasteiger charge is -2.26. The van der Waals surface area contributed by atoms with Crippen molar-refractivity contribution >= 4 is 40.0 Å². The van der Waals surface area contributed by atoms with E-state index in [9.17, 15) is 0 Å². The third-order valence-corrected chi connectivity index (χ3v) is 8.21. The predicted octanol–water partition coefficient (Wildman–Crippen LogP) is 12.6. The molecule has 0 fully saturated rings. The molecule has 5 aromatic carbocycles. The molecule has 4 heteroatoms. The van der Waals surface area contributed by atoms with E-state index >= 15 is 0 Å². The third-order valence-electron chi connectivity index (χ3n) is 7.82. The van der Waals surface area contributed by atoms with Gasteiger partial charge in [-0.3, -0.25) is 0 Å². The highest BCUT2D eigenvalue weighted by atomic mass is 35.5. The van der Waals surface area contributed by atoms with Crippen molar-refractivity contribution in [3.63, 3.8) is 0 Å². The van der Waals surface area contributed by atoms with Crippen LogP contribution in [-0.2, 0) is 10.8 Å². The summed E-state index contributed by atoms with van der Waals surface area (Å²) in [6.45, 7) is 17.5. The number of nitrogens with zero attached hydrogens (tertiary/aromatic N) is 1. The molecule has 0 radical (unpaired) electrons. The van der Waals surface area contributed by atoms with E-state index in [4.69, 9.17) is 16.3 Å². The first-order chi connectivity index (χ1) is 20.8. The molecule has 5 rings (SSSR count). The molecule has 3 nitrogen and oxygen atoms in total. The van der Waals surface area contributed by atoms with Crippen LogP contribution in [-0.4, -0.2) is 0 Å². The molecule has 0 spiro atoms. The van der Waals surface area contributed by atoms with Crippen LogP contribution in [0.15, 0.2) is 109 Å². The summed E-state index contributed by atoms with van der Waals surface area (Å²) in [6.07, 6.45) is 0. The average Bonchev–Trinajstić information content (AvgIpc) is 2.97. The number of benzene rings is 5. The van der Waals surface area contributed by atoms with Crippen molar-refractivity contribution in [3.8, 4) is 11.5 Å². The minimum absolute atomic E-state index is 0.0896. The molecule has 0 aromatic heterocycles. The van der Waals surface area contributed by atoms with Crippen LogP contribution in [0.4, 0.5) is 28.4 Å². The summed E-state index contributed by atoms with van der Waals surface area (Å²) in [7, 11) is 0. The Morgan fingerprint density at radius 2 is 1.14 bits per heavy atom. The Morgan fingerprint density at radius 1 is 0.591 bits per heavy atom. The van der Waals surface area contributed by atoms with Crippen LogP contribution in [0.3, 0.4) is 0 Å². The van der Waals surface area contributed by atoms with E-state index in [0.29, 0.717) is 16.5 Å². The summed E-state index contributed by atoms with van der Waals surface area (Å²) < 4.78 is 6.59. The van der Waals surface area contributed by atoms with Gasteiger partial charge in [0.05, 0.1) is 5.69 Å². The second kappa shape index (κ2) is 12.4. The normalized spacial score (nSPS) is 11.8. The van der Waals surface area contributed by atoms with Crippen molar-refractivity contribution in [1.29, 1.82) is 0 Å². The first kappa shape index (κ1) is 31.2. The minimum atomic E-state index is -0.106. The van der Waals surface area contributed by atoms with Gasteiger partial charge in [0, 0.05) is 28.8 Å². The van der Waals surface area contributed by atoms with Crippen LogP contribution in [0.2, 0.25) is 5.02 Å². The summed E-state index contributed by atoms with van der Waals surface area (Å²) in [5.74, 6) is 1.32. The summed E-state index contributed by atoms with van der Waals surface area (Å²) in [5, 5.41) is 4.09. The summed E-state index contributed by atoms with van der Waals surface area (Å²) in [4.78, 5) is 2.24. The van der Waals surface area contributed by atoms with Crippen molar-refractivity contribution in [2.75, 3.05) is 10.2 Å². The van der Waals surface area contributed by atoms with Gasteiger partial charge in [-0.15, -0.1) is 0 Å². The molecule has 0 atom stereocenters. The fourth-order valence-corrected chi connectivity index (χ4v) is 5.25. The zero-order chi connectivity index (χ0) is 31.6. The van der Waals surface area contributed by atoms with E-state index in [2.05, 4.69) is 163 Å². The largest absolute Gasteiger partial charge is 0.456 e. The van der Waals surface area contributed by atoms with Crippen LogP contribution in [0.5, 0.6) is 11.5 Å². The van der Waals surface area contributed by atoms with E-state index in [1.807, 2.05) is 12.1 Å². The molecule has 5 aromatic rings. The Labute approximate surface area is 268 Å². The van der Waals surface area contributed by atoms with Gasteiger partial charge in [0.15, 0.2) is 0 Å². The van der Waals surface area contributed by atoms with Gasteiger partial charge in [0.2, 0.25) is 0 Å². The van der Waals surface area contributed by atoms with E-state index in [0.717, 1.165) is 34.0 Å². The molecule has 0 aliphatic rings. The Morgan fingerprint density at radius 3 is 1.66 bits per heavy atom. The molecular weight excluding hydrogens is 560 g/mol. The second-order valence-electron chi connectivity index (χ2n) is 13.6. The molecule has 0 bridgehead atoms. The topological polar surface area (TPSA) is 24.5 Å². The fraction of sp³-hybridized carbons (Fsp3) is 0.250. The van der Waals surface area contributed by atoms with Gasteiger partial charge in [-0.05, 0) is 96.5 Å². The predicted molar refractivity (Wildman–Crippen MR) is 189 cm³/mol. The van der Waals surface area contributed by atoms with Gasteiger partial charge in [-0.25, -0.2) is 0 Å². The van der Waals surface area contributed by atoms with Gasteiger partial charge in [0.1, 0.15) is 16.5 Å². The molecule has 0 amide bonds. The monoisotopic (exact) mass is 602 g/mol. The van der Waals surface area contributed by atoms with Crippen molar-refractivity contribution < 1.29 is 4.74 Å². The highest BCUT2D eigenvalue weighted by molar-refractivity contribution is 6.35. The lowest BCUT2D eigenvalue weighted by Crippen LogP contribution is -2.12. The molecule has 0 aliphatic carbocycles. The summed E-state index contributed by atoms with van der Waals surface area (Å²) in [6, 6.07) is 38.1. The van der Waals surface area contributed by atoms with Gasteiger partial charge in [0.25, 0.3) is 0 Å². The van der Waals surface area contributed by atoms with Crippen LogP contribution < -0.4 is 15.0 Å². The molecule has 44 heavy (non-hydrogen) atoms. The number of hydrogen-bond donors (Lipinski definition) is 1. The van der Waals surface area contributed by atoms with Crippen molar-refractivity contribution in [2.24, 2.45) is 0 Å². The van der Waals surface area contributed by atoms with Crippen molar-refractivity contribution in [3.05, 3.63) is 136 Å². The third kappa shape index (κ3) is 7.29. The fourth-order valence-electron chi connectivity index (χ4n) is 5.05. The number of aryl methyl sites for hydroxylation is 2. The van der Waals surface area contributed by atoms with Gasteiger partial charge < -0.3 is 15.0 Å². The Balaban J connectivity index is 1.52. The van der Waals surface area contributed by atoms with Crippen LogP contribution in [0.25, 0.3) is 0 Å². The van der Waals surface area contributed by atoms with Crippen molar-refractivity contribution in [2.45, 2.75) is 66.2 Å². The maximum absolute atomic E-state index is 7.06. The SMILES string of the molecule is Cc1ccc(N(c2ccc(C)cc2)c2cccc(Oc3cc(C(C)(C)C)cc(Nc4ccc(C(C)(C)C)cc4)c3Cl)c2)cc1. The van der Waals surface area contributed by atoms with Crippen LogP contribution in [0.1, 0.15) is 63.8 Å². The van der Waals surface area contributed by atoms with Crippen LogP contribution in [0, 0.1) is 13.8 Å². The van der Waals surface area contributed by atoms with E-state index in [1.165, 1.54) is 16.7 Å². The number of anilines is 5. The van der Waals surface area contributed by atoms with Gasteiger partial charge in [-0.1, -0.05) is 107 Å². The first-order valence-corrected chi connectivity index (χ1v) is 15.6. The molecule has 1 N–H and O–H groups in total. The number of nitrogens with one attached hydrogen (secondary N) is 1. The van der Waals surface area contributed by atoms with Crippen molar-refractivity contribution in [1.82, 2.24) is 0 Å². The van der Waals surface area contributed by atoms with E-state index in [1.54, 1.807) is 0 Å². The highest BCUT2D eigenvalue weighted by Crippen LogP contribution is 2.43. The van der Waals surface area contributed by atoms with Gasteiger partial charge >= 0.3 is 0 Å². The summed E-state index contributed by atoms with van der Waals surface area (Å²) in [5.41, 5.74) is 9.78. The highest BCUT2D eigenvalue weighted by Gasteiger charge is 2.21. The maximum Gasteiger partial charge on any atom is 0.148 e. The standard InChI is InChI=1S/C40H43ClN2O/c1-27-12-20-32(21-13-27)43(33-22-14-28(2)15-23-33)34-10-9-11-35(26-34)44-37-25-30(40(6,7)8)24-36(38(37)41)42-31-18-16-29(17-19-31)39(3,4)5/h9-26,42H,1-8H3. The molecule has 226 valence electrons. The molecule has 0 heterocycles. The molecular formula is C40H43ClN2O. The van der Waals surface area contributed by atoms with Crippen LogP contribution >= 0.6 is 11.6 Å². The first-order valence-electron chi connectivity index (χ1n) is 15.2. The Bertz CT molecular complexity index is 1680. The quantitative estimate of drug-likeness (QED) is 0.200. The number of halogens is 1. The number of rotatable bonds is 7. The van der Waals surface area contributed by atoms with E-state index < -0.39 is 0 Å². The molecule has 0 unspecified atom stereocenters. The summed E-state index contributed by atoms with van der Waals surface area (Å²) >= 11 is 7.06. The number of hydrogen-bond acceptors (Lipinski definition) is 3. The lowest BCUT2D eigenvalue weighted by atomic mass is 9.86. The Hall–Kier alpha value is -4.21. The molecule has 0 saturated carbocycles. The zero-order valence-electron chi connectivity index (χ0n) is 27.1. The zero-order valence-corrected chi connectivity index (χ0v) is 27.9. The van der Waals surface area contributed by atoms with E-state index in [-0.39, 0.29) is 10.8 Å². The minimum Gasteiger partial charge on any atom is -0.456 e. The maximum atomic E-state index is 7.06. The molecule has 0 saturated heterocycles. The number of ether oxygens (including phenoxy) is 1. The van der Waals surface area contributed by atoms with Gasteiger partial charge in [-0.2, -0.15) is 0 Å².